The lowest BCUT2D eigenvalue weighted by Gasteiger charge is -2.08. The van der Waals surface area contributed by atoms with Crippen molar-refractivity contribution in [3.63, 3.8) is 0 Å². The molecule has 112 valence electrons. The van der Waals surface area contributed by atoms with E-state index in [4.69, 9.17) is 9.47 Å². The Morgan fingerprint density at radius 2 is 2.14 bits per heavy atom. The Bertz CT molecular complexity index is 597. The summed E-state index contributed by atoms with van der Waals surface area (Å²) < 4.78 is 12.1. The Morgan fingerprint density at radius 3 is 2.90 bits per heavy atom. The van der Waals surface area contributed by atoms with Crippen LogP contribution in [0.3, 0.4) is 0 Å². The summed E-state index contributed by atoms with van der Waals surface area (Å²) >= 11 is 0. The van der Waals surface area contributed by atoms with Gasteiger partial charge in [0.15, 0.2) is 19.0 Å². The van der Waals surface area contributed by atoms with Gasteiger partial charge in [0.25, 0.3) is 0 Å². The van der Waals surface area contributed by atoms with Crippen LogP contribution >= 0.6 is 0 Å². The first-order valence-electron chi connectivity index (χ1n) is 6.79. The van der Waals surface area contributed by atoms with Gasteiger partial charge in [0, 0.05) is 6.54 Å². The van der Waals surface area contributed by atoms with Crippen molar-refractivity contribution in [1.82, 2.24) is 20.2 Å². The molecule has 1 heterocycles. The van der Waals surface area contributed by atoms with Gasteiger partial charge in [-0.05, 0) is 35.4 Å². The molecule has 0 bridgehead atoms. The third-order valence-corrected chi connectivity index (χ3v) is 2.84. The van der Waals surface area contributed by atoms with Crippen LogP contribution in [0.4, 0.5) is 0 Å². The number of para-hydroxylation sites is 1. The molecular weight excluding hydrogens is 272 g/mol. The lowest BCUT2D eigenvalue weighted by molar-refractivity contribution is -0.147. The standard InChI is InChI=1S/C14H18N4O3/c1-3-8-18-13(15-16-17-18)9-21-14(19)10-20-12-7-5-4-6-11(12)2/h4-7H,3,8-10H2,1-2H3. The first kappa shape index (κ1) is 15.0. The van der Waals surface area contributed by atoms with E-state index < -0.39 is 5.97 Å². The summed E-state index contributed by atoms with van der Waals surface area (Å²) in [7, 11) is 0. The highest BCUT2D eigenvalue weighted by Crippen LogP contribution is 2.15. The summed E-state index contributed by atoms with van der Waals surface area (Å²) in [4.78, 5) is 11.7. The SMILES string of the molecule is CCCn1nnnc1COC(=O)COc1ccccc1C. The van der Waals surface area contributed by atoms with Crippen LogP contribution < -0.4 is 4.74 Å². The van der Waals surface area contributed by atoms with Crippen molar-refractivity contribution in [2.24, 2.45) is 0 Å². The number of carbonyl (C=O) groups excluding carboxylic acids is 1. The number of aromatic nitrogens is 4. The molecule has 2 aromatic rings. The molecule has 0 amide bonds. The Balaban J connectivity index is 1.80. The third-order valence-electron chi connectivity index (χ3n) is 2.84. The molecule has 1 aromatic carbocycles. The Labute approximate surface area is 122 Å². The van der Waals surface area contributed by atoms with Gasteiger partial charge in [-0.15, -0.1) is 5.10 Å². The molecule has 0 saturated heterocycles. The maximum Gasteiger partial charge on any atom is 0.344 e. The van der Waals surface area contributed by atoms with Gasteiger partial charge >= 0.3 is 5.97 Å². The van der Waals surface area contributed by atoms with Crippen molar-refractivity contribution in [3.8, 4) is 5.75 Å². The molecule has 0 aliphatic heterocycles. The van der Waals surface area contributed by atoms with Gasteiger partial charge in [-0.25, -0.2) is 9.48 Å². The Kier molecular flexibility index (Phi) is 5.25. The number of nitrogens with zero attached hydrogens (tertiary/aromatic N) is 4. The molecule has 0 unspecified atom stereocenters. The minimum absolute atomic E-state index is 0.0446. The smallest absolute Gasteiger partial charge is 0.344 e. The largest absolute Gasteiger partial charge is 0.482 e. The third kappa shape index (κ3) is 4.27. The highest BCUT2D eigenvalue weighted by atomic mass is 16.6. The molecule has 7 heteroatoms. The van der Waals surface area contributed by atoms with Crippen molar-refractivity contribution in [2.75, 3.05) is 6.61 Å². The second kappa shape index (κ2) is 7.37. The zero-order valence-electron chi connectivity index (χ0n) is 12.2. The van der Waals surface area contributed by atoms with Gasteiger partial charge in [0.1, 0.15) is 5.75 Å². The fourth-order valence-corrected chi connectivity index (χ4v) is 1.75. The summed E-state index contributed by atoms with van der Waals surface area (Å²) in [6, 6.07) is 7.49. The Morgan fingerprint density at radius 1 is 1.33 bits per heavy atom. The molecule has 0 saturated carbocycles. The van der Waals surface area contributed by atoms with E-state index in [-0.39, 0.29) is 13.2 Å². The second-order valence-corrected chi connectivity index (χ2v) is 4.53. The molecule has 0 fully saturated rings. The predicted molar refractivity (Wildman–Crippen MR) is 74.6 cm³/mol. The van der Waals surface area contributed by atoms with Crippen molar-refractivity contribution in [1.29, 1.82) is 0 Å². The lowest BCUT2D eigenvalue weighted by Crippen LogP contribution is -2.17. The van der Waals surface area contributed by atoms with Crippen LogP contribution in [-0.2, 0) is 22.7 Å². The second-order valence-electron chi connectivity index (χ2n) is 4.53. The van der Waals surface area contributed by atoms with Crippen molar-refractivity contribution >= 4 is 5.97 Å². The van der Waals surface area contributed by atoms with Gasteiger partial charge in [-0.2, -0.15) is 0 Å². The van der Waals surface area contributed by atoms with E-state index in [0.29, 0.717) is 18.1 Å². The zero-order valence-corrected chi connectivity index (χ0v) is 12.2. The fourth-order valence-electron chi connectivity index (χ4n) is 1.75. The first-order valence-corrected chi connectivity index (χ1v) is 6.79. The van der Waals surface area contributed by atoms with E-state index in [1.165, 1.54) is 0 Å². The maximum atomic E-state index is 11.7. The summed E-state index contributed by atoms with van der Waals surface area (Å²) in [5, 5.41) is 11.2. The van der Waals surface area contributed by atoms with Crippen LogP contribution in [0.2, 0.25) is 0 Å². The molecule has 0 radical (unpaired) electrons. The van der Waals surface area contributed by atoms with Gasteiger partial charge in [0.05, 0.1) is 0 Å². The summed E-state index contributed by atoms with van der Waals surface area (Å²) in [5.41, 5.74) is 0.970. The van der Waals surface area contributed by atoms with E-state index in [0.717, 1.165) is 12.0 Å². The van der Waals surface area contributed by atoms with E-state index in [1.54, 1.807) is 4.68 Å². The average Bonchev–Trinajstić information content (AvgIpc) is 2.92. The number of hydrogen-bond acceptors (Lipinski definition) is 6. The molecule has 1 aromatic heterocycles. The number of tetrazole rings is 1. The average molecular weight is 290 g/mol. The molecule has 0 spiro atoms. The number of hydrogen-bond donors (Lipinski definition) is 0. The molecule has 0 atom stereocenters. The molecule has 21 heavy (non-hydrogen) atoms. The van der Waals surface area contributed by atoms with Gasteiger partial charge in [-0.3, -0.25) is 0 Å². The quantitative estimate of drug-likeness (QED) is 0.719. The van der Waals surface area contributed by atoms with E-state index in [9.17, 15) is 4.79 Å². The summed E-state index contributed by atoms with van der Waals surface area (Å²) in [5.74, 6) is 0.746. The highest BCUT2D eigenvalue weighted by molar-refractivity contribution is 5.71. The van der Waals surface area contributed by atoms with E-state index in [2.05, 4.69) is 15.5 Å². The fraction of sp³-hybridized carbons (Fsp3) is 0.429. The minimum Gasteiger partial charge on any atom is -0.482 e. The van der Waals surface area contributed by atoms with Crippen molar-refractivity contribution in [2.45, 2.75) is 33.4 Å². The normalized spacial score (nSPS) is 10.4. The van der Waals surface area contributed by atoms with Crippen molar-refractivity contribution < 1.29 is 14.3 Å². The summed E-state index contributed by atoms with van der Waals surface area (Å²) in [6.07, 6.45) is 0.905. The molecule has 2 rings (SSSR count). The number of benzene rings is 1. The Hall–Kier alpha value is -2.44. The number of esters is 1. The lowest BCUT2D eigenvalue weighted by atomic mass is 10.2. The molecule has 0 aliphatic rings. The molecule has 0 aliphatic carbocycles. The number of aryl methyl sites for hydroxylation is 2. The van der Waals surface area contributed by atoms with Crippen LogP contribution in [0, 0.1) is 6.92 Å². The molecular formula is C14H18N4O3. The maximum absolute atomic E-state index is 11.7. The highest BCUT2D eigenvalue weighted by Gasteiger charge is 2.10. The van der Waals surface area contributed by atoms with E-state index >= 15 is 0 Å². The number of ether oxygens (including phenoxy) is 2. The van der Waals surface area contributed by atoms with Crippen LogP contribution in [0.1, 0.15) is 24.7 Å². The van der Waals surface area contributed by atoms with Crippen LogP contribution in [0.15, 0.2) is 24.3 Å². The van der Waals surface area contributed by atoms with Gasteiger partial charge in [0.2, 0.25) is 0 Å². The van der Waals surface area contributed by atoms with Gasteiger partial charge in [-0.1, -0.05) is 25.1 Å². The van der Waals surface area contributed by atoms with Crippen LogP contribution in [0.5, 0.6) is 5.75 Å². The molecule has 0 N–H and O–H groups in total. The van der Waals surface area contributed by atoms with Crippen LogP contribution in [-0.4, -0.2) is 32.8 Å². The summed E-state index contributed by atoms with van der Waals surface area (Å²) in [6.45, 7) is 4.54. The van der Waals surface area contributed by atoms with Crippen LogP contribution in [0.25, 0.3) is 0 Å². The zero-order chi connectivity index (χ0) is 15.1. The molecule has 7 nitrogen and oxygen atoms in total. The van der Waals surface area contributed by atoms with E-state index in [1.807, 2.05) is 38.1 Å². The minimum atomic E-state index is -0.454. The van der Waals surface area contributed by atoms with Gasteiger partial charge < -0.3 is 9.47 Å². The topological polar surface area (TPSA) is 79.1 Å². The van der Waals surface area contributed by atoms with Crippen molar-refractivity contribution in [3.05, 3.63) is 35.7 Å². The number of carbonyl (C=O) groups is 1. The monoisotopic (exact) mass is 290 g/mol. The number of rotatable bonds is 7. The first-order chi connectivity index (χ1) is 10.2. The predicted octanol–water partition coefficient (Wildman–Crippen LogP) is 1.51.